The average Bonchev–Trinajstić information content (AvgIpc) is 1.72. The summed E-state index contributed by atoms with van der Waals surface area (Å²) in [5.41, 5.74) is 2.10. The van der Waals surface area contributed by atoms with Crippen LogP contribution in [0.15, 0.2) is 0 Å². The predicted octanol–water partition coefficient (Wildman–Crippen LogP) is -0.263. The summed E-state index contributed by atoms with van der Waals surface area (Å²) in [5, 5.41) is 1.97. The molecule has 0 atom stereocenters. The molecule has 0 aromatic rings. The second-order valence-corrected chi connectivity index (χ2v) is 0.826. The normalized spacial score (nSPS) is 6.38. The number of hydrogen-bond donors (Lipinski definition) is 2. The van der Waals surface area contributed by atoms with Gasteiger partial charge < -0.3 is 5.43 Å². The van der Waals surface area contributed by atoms with Crippen LogP contribution in [0.4, 0.5) is 0 Å². The van der Waals surface area contributed by atoms with Crippen LogP contribution in [0, 0.1) is 0 Å². The number of nitrogens with one attached hydrogen (secondary N) is 2. The van der Waals surface area contributed by atoms with Gasteiger partial charge in [-0.25, -0.2) is 0 Å². The topological polar surface area (TPSA) is 41.1 Å². The number of rotatable bonds is 1. The minimum Gasteiger partial charge on any atom is -0.304 e. The second kappa shape index (κ2) is 9.71. The van der Waals surface area contributed by atoms with Gasteiger partial charge in [0.2, 0.25) is 13.9 Å². The van der Waals surface area contributed by atoms with Crippen molar-refractivity contribution in [1.29, 1.82) is 0 Å². The predicted molar refractivity (Wildman–Crippen MR) is 34.1 cm³/mol. The Morgan fingerprint density at radius 1 is 1.50 bits per heavy atom. The van der Waals surface area contributed by atoms with Crippen molar-refractivity contribution < 1.29 is 4.79 Å². The van der Waals surface area contributed by atoms with Gasteiger partial charge in [-0.3, -0.25) is 10.1 Å². The molecule has 0 aromatic carbocycles. The van der Waals surface area contributed by atoms with Crippen LogP contribution in [-0.4, -0.2) is 13.9 Å². The van der Waals surface area contributed by atoms with Crippen LogP contribution in [0.2, 0.25) is 0 Å². The SMILES string of the molecule is CC.[B]NNC(C)=O. The molecule has 0 aliphatic carbocycles. The lowest BCUT2D eigenvalue weighted by atomic mass is 10.5. The van der Waals surface area contributed by atoms with Crippen molar-refractivity contribution in [3.8, 4) is 0 Å². The highest BCUT2D eigenvalue weighted by Crippen LogP contribution is 1.45. The molecule has 0 aliphatic rings. The fraction of sp³-hybridized carbons (Fsp3) is 0.750. The van der Waals surface area contributed by atoms with Crippen molar-refractivity contribution in [2.75, 3.05) is 0 Å². The summed E-state index contributed by atoms with van der Waals surface area (Å²) < 4.78 is 0. The van der Waals surface area contributed by atoms with E-state index in [9.17, 15) is 4.79 Å². The Kier molecular flexibility index (Phi) is 12.7. The molecule has 0 bridgehead atoms. The number of amides is 1. The highest BCUT2D eigenvalue weighted by atomic mass is 16.2. The molecule has 0 saturated carbocycles. The Morgan fingerprint density at radius 3 is 1.88 bits per heavy atom. The summed E-state index contributed by atoms with van der Waals surface area (Å²) >= 11 is 0. The van der Waals surface area contributed by atoms with Crippen molar-refractivity contribution in [3.63, 3.8) is 0 Å². The maximum Gasteiger partial charge on any atom is 0.229 e. The third-order valence-electron chi connectivity index (χ3n) is 0.248. The summed E-state index contributed by atoms with van der Waals surface area (Å²) in [6, 6.07) is 0. The van der Waals surface area contributed by atoms with Gasteiger partial charge in [0.1, 0.15) is 0 Å². The first-order valence-corrected chi connectivity index (χ1v) is 2.49. The molecule has 0 saturated heterocycles. The van der Waals surface area contributed by atoms with E-state index in [1.807, 2.05) is 19.2 Å². The lowest BCUT2D eigenvalue weighted by Gasteiger charge is -1.92. The minimum absolute atomic E-state index is 0.197. The van der Waals surface area contributed by atoms with Crippen LogP contribution in [0.1, 0.15) is 20.8 Å². The molecule has 46 valence electrons. The van der Waals surface area contributed by atoms with E-state index in [1.165, 1.54) is 6.92 Å². The van der Waals surface area contributed by atoms with E-state index >= 15 is 0 Å². The summed E-state index contributed by atoms with van der Waals surface area (Å²) in [7, 11) is 4.65. The van der Waals surface area contributed by atoms with Gasteiger partial charge in [-0.1, -0.05) is 13.8 Å². The highest BCUT2D eigenvalue weighted by Gasteiger charge is 1.77. The molecular formula is C4H11BN2O. The van der Waals surface area contributed by atoms with Gasteiger partial charge in [0.15, 0.2) is 0 Å². The first-order chi connectivity index (χ1) is 3.77. The Labute approximate surface area is 51.2 Å². The monoisotopic (exact) mass is 114 g/mol. The Morgan fingerprint density at radius 2 is 1.88 bits per heavy atom. The Balaban J connectivity index is 0. The van der Waals surface area contributed by atoms with Gasteiger partial charge >= 0.3 is 0 Å². The van der Waals surface area contributed by atoms with E-state index in [0.29, 0.717) is 0 Å². The van der Waals surface area contributed by atoms with Gasteiger partial charge in [0.25, 0.3) is 0 Å². The zero-order valence-corrected chi connectivity index (χ0v) is 5.49. The standard InChI is InChI=1S/C2H5BN2O.C2H6/c1-2(6)4-5-3;1-2/h5H,1H3,(H,4,6);1-2H3. The zero-order chi connectivity index (χ0) is 6.99. The summed E-state index contributed by atoms with van der Waals surface area (Å²) in [5.74, 6) is -0.197. The number of carbonyl (C=O) groups is 1. The molecule has 3 nitrogen and oxygen atoms in total. The van der Waals surface area contributed by atoms with E-state index in [-0.39, 0.29) is 5.91 Å². The molecule has 8 heavy (non-hydrogen) atoms. The minimum atomic E-state index is -0.197. The highest BCUT2D eigenvalue weighted by molar-refractivity contribution is 6.04. The average molecular weight is 114 g/mol. The number of carbonyl (C=O) groups excluding carboxylic acids is 1. The van der Waals surface area contributed by atoms with Crippen molar-refractivity contribution in [2.24, 2.45) is 0 Å². The number of hydrogen-bond acceptors (Lipinski definition) is 2. The van der Waals surface area contributed by atoms with Gasteiger partial charge in [-0.2, -0.15) is 0 Å². The fourth-order valence-corrected chi connectivity index (χ4v) is 0.102. The lowest BCUT2D eigenvalue weighted by molar-refractivity contribution is -0.119. The molecule has 0 heterocycles. The molecule has 0 spiro atoms. The van der Waals surface area contributed by atoms with Gasteiger partial charge in [0, 0.05) is 6.92 Å². The van der Waals surface area contributed by atoms with E-state index in [0.717, 1.165) is 0 Å². The second-order valence-electron chi connectivity index (χ2n) is 0.826. The Hall–Kier alpha value is -0.505. The van der Waals surface area contributed by atoms with Crippen molar-refractivity contribution >= 4 is 13.9 Å². The maximum absolute atomic E-state index is 9.79. The third kappa shape index (κ3) is 17.8. The van der Waals surface area contributed by atoms with Crippen LogP contribution < -0.4 is 10.8 Å². The van der Waals surface area contributed by atoms with Crippen LogP contribution in [0.25, 0.3) is 0 Å². The van der Waals surface area contributed by atoms with E-state index in [2.05, 4.69) is 13.4 Å². The summed E-state index contributed by atoms with van der Waals surface area (Å²) in [4.78, 5) is 9.79. The van der Waals surface area contributed by atoms with Crippen molar-refractivity contribution in [2.45, 2.75) is 20.8 Å². The van der Waals surface area contributed by atoms with Crippen LogP contribution in [-0.2, 0) is 4.79 Å². The van der Waals surface area contributed by atoms with E-state index in [1.54, 1.807) is 0 Å². The van der Waals surface area contributed by atoms with Gasteiger partial charge in [-0.15, -0.1) is 0 Å². The molecule has 2 radical (unpaired) electrons. The largest absolute Gasteiger partial charge is 0.304 e. The molecule has 2 N–H and O–H groups in total. The van der Waals surface area contributed by atoms with E-state index in [4.69, 9.17) is 0 Å². The van der Waals surface area contributed by atoms with Crippen molar-refractivity contribution in [3.05, 3.63) is 0 Å². The van der Waals surface area contributed by atoms with Crippen LogP contribution in [0.5, 0.6) is 0 Å². The molecule has 1 amide bonds. The molecule has 0 fully saturated rings. The fourth-order valence-electron chi connectivity index (χ4n) is 0.102. The maximum atomic E-state index is 9.79. The molecular weight excluding hydrogens is 103 g/mol. The number of hydrazine groups is 1. The zero-order valence-electron chi connectivity index (χ0n) is 5.49. The van der Waals surface area contributed by atoms with Crippen LogP contribution >= 0.6 is 0 Å². The lowest BCUT2D eigenvalue weighted by Crippen LogP contribution is -2.32. The first-order valence-electron chi connectivity index (χ1n) is 2.49. The third-order valence-corrected chi connectivity index (χ3v) is 0.248. The van der Waals surface area contributed by atoms with E-state index < -0.39 is 0 Å². The van der Waals surface area contributed by atoms with Crippen LogP contribution in [0.3, 0.4) is 0 Å². The smallest absolute Gasteiger partial charge is 0.229 e. The van der Waals surface area contributed by atoms with Gasteiger partial charge in [0.05, 0.1) is 0 Å². The summed E-state index contributed by atoms with van der Waals surface area (Å²) in [6.07, 6.45) is 0. The summed E-state index contributed by atoms with van der Waals surface area (Å²) in [6.45, 7) is 5.36. The Bertz CT molecular complexity index is 58.0. The molecule has 4 heteroatoms. The molecule has 0 aliphatic heterocycles. The molecule has 0 aromatic heterocycles. The first kappa shape index (κ1) is 10.5. The molecule has 0 unspecified atom stereocenters. The molecule has 0 rings (SSSR count). The quantitative estimate of drug-likeness (QED) is 0.364. The van der Waals surface area contributed by atoms with Crippen molar-refractivity contribution in [1.82, 2.24) is 10.8 Å². The van der Waals surface area contributed by atoms with Gasteiger partial charge in [-0.05, 0) is 0 Å².